The first-order valence-corrected chi connectivity index (χ1v) is 9.58. The van der Waals surface area contributed by atoms with Gasteiger partial charge in [-0.2, -0.15) is 0 Å². The van der Waals surface area contributed by atoms with Crippen molar-refractivity contribution in [2.24, 2.45) is 5.92 Å². The Labute approximate surface area is 150 Å². The van der Waals surface area contributed by atoms with Crippen molar-refractivity contribution in [2.75, 3.05) is 13.6 Å². The highest BCUT2D eigenvalue weighted by Gasteiger charge is 2.35. The topological polar surface area (TPSA) is 53.5 Å². The molecule has 3 rings (SSSR count). The largest absolute Gasteiger partial charge is 0.341 e. The lowest BCUT2D eigenvalue weighted by atomic mass is 9.93. The number of hydrogen-bond acceptors (Lipinski definition) is 3. The van der Waals surface area contributed by atoms with Crippen LogP contribution in [0, 0.1) is 5.92 Å². The minimum absolute atomic E-state index is 0.0670. The predicted molar refractivity (Wildman–Crippen MR) is 96.6 cm³/mol. The van der Waals surface area contributed by atoms with E-state index in [4.69, 9.17) is 0 Å². The third-order valence-corrected chi connectivity index (χ3v) is 5.58. The fraction of sp³-hybridized carbons (Fsp3) is 0.650. The monoisotopic (exact) mass is 343 g/mol. The molecule has 1 aliphatic heterocycles. The van der Waals surface area contributed by atoms with Gasteiger partial charge in [-0.15, -0.1) is 0 Å². The van der Waals surface area contributed by atoms with Crippen molar-refractivity contribution in [1.82, 2.24) is 14.8 Å². The Morgan fingerprint density at radius 3 is 2.68 bits per heavy atom. The molecule has 0 aromatic carbocycles. The lowest BCUT2D eigenvalue weighted by molar-refractivity contribution is -0.144. The van der Waals surface area contributed by atoms with Crippen molar-refractivity contribution in [3.63, 3.8) is 0 Å². The van der Waals surface area contributed by atoms with E-state index in [9.17, 15) is 9.59 Å². The van der Waals surface area contributed by atoms with Crippen molar-refractivity contribution < 1.29 is 9.59 Å². The standard InChI is InChI=1S/C20H29N3O2/c1-22(14-16-7-6-12-21-13-16)20(25)17-10-11-19(24)23(15-17)18-8-4-2-3-5-9-18/h6-7,12-13,17-18H,2-5,8-11,14-15H2,1H3/t17-/m0/s1. The van der Waals surface area contributed by atoms with Gasteiger partial charge in [0.1, 0.15) is 0 Å². The third-order valence-electron chi connectivity index (χ3n) is 5.58. The summed E-state index contributed by atoms with van der Waals surface area (Å²) in [5, 5.41) is 0. The molecule has 5 heteroatoms. The summed E-state index contributed by atoms with van der Waals surface area (Å²) in [6.07, 6.45) is 11.9. The van der Waals surface area contributed by atoms with Crippen LogP contribution in [0.3, 0.4) is 0 Å². The maximum atomic E-state index is 12.9. The molecule has 1 aromatic heterocycles. The quantitative estimate of drug-likeness (QED) is 0.790. The summed E-state index contributed by atoms with van der Waals surface area (Å²) >= 11 is 0. The molecule has 2 amide bonds. The van der Waals surface area contributed by atoms with E-state index in [1.807, 2.05) is 24.1 Å². The number of carbonyl (C=O) groups is 2. The SMILES string of the molecule is CN(Cc1cccnc1)C(=O)[C@H]1CCC(=O)N(C2CCCCCC2)C1. The number of rotatable bonds is 4. The zero-order valence-electron chi connectivity index (χ0n) is 15.2. The molecule has 136 valence electrons. The maximum Gasteiger partial charge on any atom is 0.227 e. The van der Waals surface area contributed by atoms with Gasteiger partial charge in [-0.25, -0.2) is 0 Å². The van der Waals surface area contributed by atoms with Crippen molar-refractivity contribution in [3.8, 4) is 0 Å². The number of pyridine rings is 1. The zero-order valence-corrected chi connectivity index (χ0v) is 15.2. The Balaban J connectivity index is 1.61. The molecule has 2 fully saturated rings. The van der Waals surface area contributed by atoms with Crippen molar-refractivity contribution in [2.45, 2.75) is 64.0 Å². The number of piperidine rings is 1. The number of nitrogens with zero attached hydrogens (tertiary/aromatic N) is 3. The van der Waals surface area contributed by atoms with E-state index in [1.54, 1.807) is 17.3 Å². The summed E-state index contributed by atoms with van der Waals surface area (Å²) in [6, 6.07) is 4.22. The molecule has 5 nitrogen and oxygen atoms in total. The van der Waals surface area contributed by atoms with Crippen LogP contribution in [0.4, 0.5) is 0 Å². The van der Waals surface area contributed by atoms with Gasteiger partial charge in [-0.05, 0) is 30.9 Å². The molecule has 0 unspecified atom stereocenters. The second-order valence-corrected chi connectivity index (χ2v) is 7.48. The summed E-state index contributed by atoms with van der Waals surface area (Å²) in [5.74, 6) is 0.323. The highest BCUT2D eigenvalue weighted by Crippen LogP contribution is 2.28. The van der Waals surface area contributed by atoms with Gasteiger partial charge in [0.2, 0.25) is 11.8 Å². The molecule has 2 heterocycles. The van der Waals surface area contributed by atoms with E-state index >= 15 is 0 Å². The molecule has 25 heavy (non-hydrogen) atoms. The molecule has 1 saturated heterocycles. The summed E-state index contributed by atoms with van der Waals surface area (Å²) in [7, 11) is 1.85. The first-order chi connectivity index (χ1) is 12.1. The predicted octanol–water partition coefficient (Wildman–Crippen LogP) is 3.00. The normalized spacial score (nSPS) is 22.5. The van der Waals surface area contributed by atoms with E-state index in [0.29, 0.717) is 32.0 Å². The molecular formula is C20H29N3O2. The van der Waals surface area contributed by atoms with E-state index in [-0.39, 0.29) is 17.7 Å². The second-order valence-electron chi connectivity index (χ2n) is 7.48. The molecular weight excluding hydrogens is 314 g/mol. The lowest BCUT2D eigenvalue weighted by Crippen LogP contribution is -2.50. The fourth-order valence-electron chi connectivity index (χ4n) is 4.15. The first kappa shape index (κ1) is 17.9. The van der Waals surface area contributed by atoms with Crippen LogP contribution in [0.5, 0.6) is 0 Å². The lowest BCUT2D eigenvalue weighted by Gasteiger charge is -2.38. The van der Waals surface area contributed by atoms with Gasteiger partial charge in [0.25, 0.3) is 0 Å². The van der Waals surface area contributed by atoms with E-state index in [1.165, 1.54) is 25.7 Å². The van der Waals surface area contributed by atoms with Gasteiger partial charge in [0.05, 0.1) is 5.92 Å². The minimum atomic E-state index is -0.0670. The molecule has 0 spiro atoms. The Morgan fingerprint density at radius 1 is 1.24 bits per heavy atom. The highest BCUT2D eigenvalue weighted by molar-refractivity contribution is 5.84. The van der Waals surface area contributed by atoms with Crippen LogP contribution in [-0.2, 0) is 16.1 Å². The average molecular weight is 343 g/mol. The van der Waals surface area contributed by atoms with Gasteiger partial charge in [0, 0.05) is 45.0 Å². The van der Waals surface area contributed by atoms with Crippen LogP contribution in [-0.4, -0.2) is 46.2 Å². The summed E-state index contributed by atoms with van der Waals surface area (Å²) in [6.45, 7) is 1.17. The molecule has 1 aliphatic carbocycles. The van der Waals surface area contributed by atoms with Crippen LogP contribution in [0.15, 0.2) is 24.5 Å². The van der Waals surface area contributed by atoms with E-state index in [0.717, 1.165) is 18.4 Å². The molecule has 0 N–H and O–H groups in total. The summed E-state index contributed by atoms with van der Waals surface area (Å²) < 4.78 is 0. The van der Waals surface area contributed by atoms with Gasteiger partial charge in [-0.1, -0.05) is 31.7 Å². The molecule has 1 saturated carbocycles. The van der Waals surface area contributed by atoms with Gasteiger partial charge in [-0.3, -0.25) is 14.6 Å². The number of aromatic nitrogens is 1. The smallest absolute Gasteiger partial charge is 0.227 e. The van der Waals surface area contributed by atoms with Gasteiger partial charge < -0.3 is 9.80 Å². The number of carbonyl (C=O) groups excluding carboxylic acids is 2. The zero-order chi connectivity index (χ0) is 17.6. The number of hydrogen-bond donors (Lipinski definition) is 0. The highest BCUT2D eigenvalue weighted by atomic mass is 16.2. The van der Waals surface area contributed by atoms with Crippen molar-refractivity contribution in [3.05, 3.63) is 30.1 Å². The van der Waals surface area contributed by atoms with Crippen LogP contribution in [0.2, 0.25) is 0 Å². The van der Waals surface area contributed by atoms with Crippen LogP contribution < -0.4 is 0 Å². The van der Waals surface area contributed by atoms with E-state index in [2.05, 4.69) is 4.98 Å². The summed E-state index contributed by atoms with van der Waals surface area (Å²) in [4.78, 5) is 33.2. The van der Waals surface area contributed by atoms with Crippen molar-refractivity contribution in [1.29, 1.82) is 0 Å². The molecule has 1 aromatic rings. The minimum Gasteiger partial charge on any atom is -0.341 e. The first-order valence-electron chi connectivity index (χ1n) is 9.58. The Bertz CT molecular complexity index is 582. The molecule has 0 radical (unpaired) electrons. The van der Waals surface area contributed by atoms with Crippen LogP contribution in [0.1, 0.15) is 56.9 Å². The second kappa shape index (κ2) is 8.45. The summed E-state index contributed by atoms with van der Waals surface area (Å²) in [5.41, 5.74) is 1.03. The van der Waals surface area contributed by atoms with Gasteiger partial charge in [0.15, 0.2) is 0 Å². The third kappa shape index (κ3) is 4.59. The number of likely N-dealkylation sites (tertiary alicyclic amines) is 1. The molecule has 1 atom stereocenters. The van der Waals surface area contributed by atoms with Crippen molar-refractivity contribution >= 4 is 11.8 Å². The molecule has 0 bridgehead atoms. The Morgan fingerprint density at radius 2 is 2.00 bits per heavy atom. The molecule has 2 aliphatic rings. The van der Waals surface area contributed by atoms with E-state index < -0.39 is 0 Å². The Kier molecular flexibility index (Phi) is 6.05. The average Bonchev–Trinajstić information content (AvgIpc) is 2.91. The van der Waals surface area contributed by atoms with Gasteiger partial charge >= 0.3 is 0 Å². The van der Waals surface area contributed by atoms with Crippen LogP contribution in [0.25, 0.3) is 0 Å². The maximum absolute atomic E-state index is 12.9. The van der Waals surface area contributed by atoms with Crippen LogP contribution >= 0.6 is 0 Å². The fourth-order valence-corrected chi connectivity index (χ4v) is 4.15. The Hall–Kier alpha value is -1.91. The number of amides is 2.